The number of nitrogens with one attached hydrogen (secondary N) is 1. The first-order valence-electron chi connectivity index (χ1n) is 9.65. The topological polar surface area (TPSA) is 81.7 Å². The molecule has 142 valence electrons. The van der Waals surface area contributed by atoms with Gasteiger partial charge < -0.3 is 15.6 Å². The minimum Gasteiger partial charge on any atom is -0.383 e. The molecule has 0 radical (unpaired) electrons. The first kappa shape index (κ1) is 17.4. The van der Waals surface area contributed by atoms with Gasteiger partial charge >= 0.3 is 0 Å². The van der Waals surface area contributed by atoms with Crippen molar-refractivity contribution >= 4 is 39.8 Å². The second-order valence-corrected chi connectivity index (χ2v) is 8.91. The Kier molecular flexibility index (Phi) is 4.53. The lowest BCUT2D eigenvalue weighted by molar-refractivity contribution is 0.257. The zero-order valence-corrected chi connectivity index (χ0v) is 16.6. The van der Waals surface area contributed by atoms with Crippen LogP contribution in [0.15, 0.2) is 17.8 Å². The molecule has 6 nitrogen and oxygen atoms in total. The number of piperidine rings is 1. The molecule has 8 heteroatoms. The molecule has 2 aliphatic rings. The number of fused-ring (bicyclic) bond motifs is 1. The predicted molar refractivity (Wildman–Crippen MR) is 110 cm³/mol. The van der Waals surface area contributed by atoms with Crippen LogP contribution < -0.4 is 11.1 Å². The van der Waals surface area contributed by atoms with Gasteiger partial charge in [-0.1, -0.05) is 0 Å². The summed E-state index contributed by atoms with van der Waals surface area (Å²) in [6, 6.07) is 0.437. The molecule has 1 saturated carbocycles. The maximum atomic E-state index is 6.24. The Hall–Kier alpha value is -1.70. The number of hydrogen-bond acceptors (Lipinski definition) is 6. The largest absolute Gasteiger partial charge is 0.383 e. The van der Waals surface area contributed by atoms with Crippen LogP contribution in [-0.2, 0) is 0 Å². The van der Waals surface area contributed by atoms with Crippen LogP contribution >= 0.6 is 22.9 Å². The van der Waals surface area contributed by atoms with Gasteiger partial charge in [0.15, 0.2) is 0 Å². The maximum absolute atomic E-state index is 6.24. The van der Waals surface area contributed by atoms with Crippen LogP contribution in [0.5, 0.6) is 0 Å². The Labute approximate surface area is 167 Å². The van der Waals surface area contributed by atoms with E-state index in [0.29, 0.717) is 11.9 Å². The molecule has 2 atom stereocenters. The van der Waals surface area contributed by atoms with Crippen molar-refractivity contribution < 1.29 is 0 Å². The van der Waals surface area contributed by atoms with Gasteiger partial charge in [0.05, 0.1) is 5.39 Å². The monoisotopic (exact) mass is 402 g/mol. The van der Waals surface area contributed by atoms with E-state index in [4.69, 9.17) is 17.3 Å². The highest BCUT2D eigenvalue weighted by Crippen LogP contribution is 2.44. The first-order valence-corrected chi connectivity index (χ1v) is 10.9. The molecule has 3 N–H and O–H groups in total. The van der Waals surface area contributed by atoms with Gasteiger partial charge in [-0.2, -0.15) is 4.98 Å². The fourth-order valence-corrected chi connectivity index (χ4v) is 5.76. The highest BCUT2D eigenvalue weighted by atomic mass is 35.5. The Bertz CT molecular complexity index is 947. The molecule has 1 saturated heterocycles. The highest BCUT2D eigenvalue weighted by molar-refractivity contribution is 7.13. The maximum Gasteiger partial charge on any atom is 0.226 e. The Balaban J connectivity index is 1.53. The number of halogens is 1. The molecule has 0 aromatic carbocycles. The van der Waals surface area contributed by atoms with Crippen LogP contribution in [0.1, 0.15) is 38.1 Å². The van der Waals surface area contributed by atoms with Gasteiger partial charge in [0, 0.05) is 29.4 Å². The minimum absolute atomic E-state index is 0.206. The lowest BCUT2D eigenvalue weighted by Crippen LogP contribution is -2.31. The summed E-state index contributed by atoms with van der Waals surface area (Å²) in [4.78, 5) is 13.2. The van der Waals surface area contributed by atoms with E-state index in [0.717, 1.165) is 46.5 Å². The molecule has 0 bridgehead atoms. The second kappa shape index (κ2) is 7.04. The molecular weight excluding hydrogens is 380 g/mol. The third kappa shape index (κ3) is 3.11. The molecule has 3 aromatic rings. The summed E-state index contributed by atoms with van der Waals surface area (Å²) in [5, 5.41) is 7.49. The van der Waals surface area contributed by atoms with Crippen LogP contribution in [0.3, 0.4) is 0 Å². The normalized spacial score (nSPS) is 24.0. The number of hydrogen-bond donors (Lipinski definition) is 2. The van der Waals surface area contributed by atoms with Crippen LogP contribution in [-0.4, -0.2) is 32.6 Å². The minimum atomic E-state index is 0.206. The van der Waals surface area contributed by atoms with Gasteiger partial charge in [0.25, 0.3) is 0 Å². The van der Waals surface area contributed by atoms with Gasteiger partial charge in [0.1, 0.15) is 16.5 Å². The Morgan fingerprint density at radius 2 is 2.00 bits per heavy atom. The number of rotatable bonds is 3. The standard InChI is InChI=1S/C19H23ClN6S/c20-19-24-16(21)15-14(18-23-7-8-27-18)10-26(17(15)25-19)13-2-1-12(9-13)11-3-5-22-6-4-11/h7-8,10-13,22H,1-6,9H2,(H2,21,24,25). The smallest absolute Gasteiger partial charge is 0.226 e. The molecule has 1 aliphatic heterocycles. The molecule has 0 amide bonds. The Morgan fingerprint density at radius 3 is 2.78 bits per heavy atom. The van der Waals surface area contributed by atoms with Crippen LogP contribution in [0.4, 0.5) is 5.82 Å². The fourth-order valence-electron chi connectivity index (χ4n) is 4.93. The number of nitrogen functional groups attached to an aromatic ring is 1. The summed E-state index contributed by atoms with van der Waals surface area (Å²) in [5.41, 5.74) is 8.10. The lowest BCUT2D eigenvalue weighted by atomic mass is 9.84. The molecule has 2 fully saturated rings. The molecule has 1 aliphatic carbocycles. The molecular formula is C19H23ClN6S. The van der Waals surface area contributed by atoms with Gasteiger partial charge in [-0.25, -0.2) is 9.97 Å². The molecule has 5 rings (SSSR count). The predicted octanol–water partition coefficient (Wildman–Crippen LogP) is 4.13. The highest BCUT2D eigenvalue weighted by Gasteiger charge is 2.33. The van der Waals surface area contributed by atoms with Crippen LogP contribution in [0.2, 0.25) is 5.28 Å². The number of thiazole rings is 1. The van der Waals surface area contributed by atoms with Gasteiger partial charge in [-0.15, -0.1) is 11.3 Å². The zero-order valence-electron chi connectivity index (χ0n) is 15.1. The Morgan fingerprint density at radius 1 is 1.15 bits per heavy atom. The van der Waals surface area contributed by atoms with E-state index in [-0.39, 0.29) is 5.28 Å². The molecule has 0 spiro atoms. The van der Waals surface area contributed by atoms with Gasteiger partial charge in [-0.05, 0) is 68.6 Å². The van der Waals surface area contributed by atoms with Crippen molar-refractivity contribution in [2.45, 2.75) is 38.1 Å². The third-order valence-corrected chi connectivity index (χ3v) is 7.20. The molecule has 27 heavy (non-hydrogen) atoms. The van der Waals surface area contributed by atoms with Crippen molar-refractivity contribution in [2.75, 3.05) is 18.8 Å². The van der Waals surface area contributed by atoms with Gasteiger partial charge in [-0.3, -0.25) is 0 Å². The quantitative estimate of drug-likeness (QED) is 0.643. The molecule has 2 unspecified atom stereocenters. The summed E-state index contributed by atoms with van der Waals surface area (Å²) in [5.74, 6) is 2.08. The first-order chi connectivity index (χ1) is 13.2. The summed E-state index contributed by atoms with van der Waals surface area (Å²) >= 11 is 7.76. The van der Waals surface area contributed by atoms with Crippen LogP contribution in [0.25, 0.3) is 21.6 Å². The van der Waals surface area contributed by atoms with E-state index in [2.05, 4.69) is 31.0 Å². The van der Waals surface area contributed by atoms with Crippen molar-refractivity contribution in [3.05, 3.63) is 23.1 Å². The summed E-state index contributed by atoms with van der Waals surface area (Å²) < 4.78 is 2.29. The summed E-state index contributed by atoms with van der Waals surface area (Å²) in [7, 11) is 0. The van der Waals surface area contributed by atoms with Crippen molar-refractivity contribution in [2.24, 2.45) is 11.8 Å². The molecule has 4 heterocycles. The number of anilines is 1. The zero-order chi connectivity index (χ0) is 18.4. The number of nitrogens with two attached hydrogens (primary N) is 1. The second-order valence-electron chi connectivity index (χ2n) is 7.68. The number of aromatic nitrogens is 4. The van der Waals surface area contributed by atoms with E-state index >= 15 is 0 Å². The van der Waals surface area contributed by atoms with Crippen molar-refractivity contribution in [3.8, 4) is 10.6 Å². The SMILES string of the molecule is Nc1nc(Cl)nc2c1c(-c1nccs1)cn2C1CCC(C2CCNCC2)C1. The lowest BCUT2D eigenvalue weighted by Gasteiger charge is -2.28. The van der Waals surface area contributed by atoms with E-state index in [1.54, 1.807) is 11.3 Å². The van der Waals surface area contributed by atoms with E-state index in [1.807, 2.05) is 11.6 Å². The van der Waals surface area contributed by atoms with Crippen molar-refractivity contribution in [1.29, 1.82) is 0 Å². The van der Waals surface area contributed by atoms with Crippen molar-refractivity contribution in [3.63, 3.8) is 0 Å². The van der Waals surface area contributed by atoms with E-state index in [1.165, 1.54) is 32.1 Å². The fraction of sp³-hybridized carbons (Fsp3) is 0.526. The van der Waals surface area contributed by atoms with Crippen molar-refractivity contribution in [1.82, 2.24) is 24.8 Å². The average molecular weight is 403 g/mol. The molecule has 3 aromatic heterocycles. The summed E-state index contributed by atoms with van der Waals surface area (Å²) in [6.45, 7) is 2.32. The van der Waals surface area contributed by atoms with E-state index in [9.17, 15) is 0 Å². The van der Waals surface area contributed by atoms with Crippen LogP contribution in [0, 0.1) is 11.8 Å². The number of nitrogens with zero attached hydrogens (tertiary/aromatic N) is 4. The average Bonchev–Trinajstić information content (AvgIpc) is 3.41. The van der Waals surface area contributed by atoms with E-state index < -0.39 is 0 Å². The van der Waals surface area contributed by atoms with Gasteiger partial charge in [0.2, 0.25) is 5.28 Å². The summed E-state index contributed by atoms with van der Waals surface area (Å²) in [6.07, 6.45) is 10.3. The third-order valence-electron chi connectivity index (χ3n) is 6.22.